The second kappa shape index (κ2) is 9.84. The van der Waals surface area contributed by atoms with E-state index in [1.807, 2.05) is 19.9 Å². The Hall–Kier alpha value is -2.45. The quantitative estimate of drug-likeness (QED) is 0.689. The fourth-order valence-electron chi connectivity index (χ4n) is 3.28. The van der Waals surface area contributed by atoms with Crippen molar-refractivity contribution in [3.63, 3.8) is 0 Å². The Morgan fingerprint density at radius 3 is 2.79 bits per heavy atom. The van der Waals surface area contributed by atoms with E-state index in [1.54, 1.807) is 22.8 Å². The van der Waals surface area contributed by atoms with Gasteiger partial charge in [-0.1, -0.05) is 23.5 Å². The molecule has 0 bridgehead atoms. The molecular weight excluding hydrogens is 390 g/mol. The van der Waals surface area contributed by atoms with Crippen molar-refractivity contribution >= 4 is 23.2 Å². The maximum Gasteiger partial charge on any atom is 0.307 e. The largest absolute Gasteiger partial charge is 0.376 e. The maximum absolute atomic E-state index is 12.3. The molecule has 7 nitrogen and oxygen atoms in total. The van der Waals surface area contributed by atoms with Gasteiger partial charge in [-0.2, -0.15) is 0 Å². The summed E-state index contributed by atoms with van der Waals surface area (Å²) in [6.07, 6.45) is 2.35. The lowest BCUT2D eigenvalue weighted by Crippen LogP contribution is -2.31. The van der Waals surface area contributed by atoms with Crippen LogP contribution in [0.5, 0.6) is 0 Å². The minimum absolute atomic E-state index is 0.0329. The Morgan fingerprint density at radius 2 is 2.10 bits per heavy atom. The Morgan fingerprint density at radius 1 is 1.28 bits per heavy atom. The SMILES string of the molecule is Cc1sc(=O)n(CCC(=O)NCc2cccc(C(=O)NCC3CCCO3)c2)c1C. The van der Waals surface area contributed by atoms with Crippen LogP contribution in [0.15, 0.2) is 29.1 Å². The zero-order valence-corrected chi connectivity index (χ0v) is 17.6. The highest BCUT2D eigenvalue weighted by atomic mass is 32.1. The number of ether oxygens (including phenoxy) is 1. The highest BCUT2D eigenvalue weighted by molar-refractivity contribution is 7.09. The van der Waals surface area contributed by atoms with E-state index in [1.165, 1.54) is 11.3 Å². The number of hydrogen-bond donors (Lipinski definition) is 2. The van der Waals surface area contributed by atoms with E-state index < -0.39 is 0 Å². The molecular formula is C21H27N3O4S. The van der Waals surface area contributed by atoms with Crippen molar-refractivity contribution in [3.8, 4) is 0 Å². The standard InChI is InChI=1S/C21H27N3O4S/c1-14-15(2)29-21(27)24(14)9-8-19(25)22-12-16-5-3-6-17(11-16)20(26)23-13-18-7-4-10-28-18/h3,5-6,11,18H,4,7-10,12-13H2,1-2H3,(H,22,25)(H,23,26). The number of aryl methyl sites for hydroxylation is 1. The first-order chi connectivity index (χ1) is 13.9. The predicted molar refractivity (Wildman–Crippen MR) is 112 cm³/mol. The average Bonchev–Trinajstić information content (AvgIpc) is 3.31. The summed E-state index contributed by atoms with van der Waals surface area (Å²) in [7, 11) is 0. The molecule has 8 heteroatoms. The van der Waals surface area contributed by atoms with Crippen molar-refractivity contribution in [2.45, 2.75) is 52.3 Å². The molecule has 1 aromatic heterocycles. The maximum atomic E-state index is 12.3. The van der Waals surface area contributed by atoms with Crippen molar-refractivity contribution in [1.82, 2.24) is 15.2 Å². The number of nitrogens with one attached hydrogen (secondary N) is 2. The number of benzene rings is 1. The molecule has 1 aliphatic heterocycles. The average molecular weight is 418 g/mol. The molecule has 2 N–H and O–H groups in total. The van der Waals surface area contributed by atoms with E-state index in [2.05, 4.69) is 10.6 Å². The molecule has 156 valence electrons. The molecule has 1 aliphatic rings. The van der Waals surface area contributed by atoms with Crippen LogP contribution >= 0.6 is 11.3 Å². The lowest BCUT2D eigenvalue weighted by molar-refractivity contribution is -0.121. The first-order valence-electron chi connectivity index (χ1n) is 9.86. The van der Waals surface area contributed by atoms with Gasteiger partial charge in [0, 0.05) is 48.8 Å². The smallest absolute Gasteiger partial charge is 0.307 e. The molecule has 0 saturated carbocycles. The van der Waals surface area contributed by atoms with Gasteiger partial charge in [0.15, 0.2) is 0 Å². The molecule has 3 rings (SSSR count). The van der Waals surface area contributed by atoms with Crippen LogP contribution < -0.4 is 15.5 Å². The van der Waals surface area contributed by atoms with Crippen LogP contribution in [0, 0.1) is 13.8 Å². The third kappa shape index (κ3) is 5.77. The highest BCUT2D eigenvalue weighted by Crippen LogP contribution is 2.12. The van der Waals surface area contributed by atoms with Gasteiger partial charge in [-0.3, -0.25) is 14.4 Å². The van der Waals surface area contributed by atoms with Gasteiger partial charge in [-0.25, -0.2) is 0 Å². The third-order valence-corrected chi connectivity index (χ3v) is 6.13. The van der Waals surface area contributed by atoms with Crippen LogP contribution in [0.2, 0.25) is 0 Å². The lowest BCUT2D eigenvalue weighted by atomic mass is 10.1. The molecule has 2 aromatic rings. The van der Waals surface area contributed by atoms with Gasteiger partial charge in [-0.15, -0.1) is 0 Å². The lowest BCUT2D eigenvalue weighted by Gasteiger charge is -2.11. The highest BCUT2D eigenvalue weighted by Gasteiger charge is 2.17. The fourth-order valence-corrected chi connectivity index (χ4v) is 4.14. The summed E-state index contributed by atoms with van der Waals surface area (Å²) >= 11 is 1.20. The molecule has 2 heterocycles. The number of thiazole rings is 1. The van der Waals surface area contributed by atoms with Gasteiger partial charge < -0.3 is 19.9 Å². The van der Waals surface area contributed by atoms with Gasteiger partial charge >= 0.3 is 4.87 Å². The van der Waals surface area contributed by atoms with Crippen molar-refractivity contribution < 1.29 is 14.3 Å². The molecule has 1 aromatic carbocycles. The second-order valence-corrected chi connectivity index (χ2v) is 8.40. The third-order valence-electron chi connectivity index (χ3n) is 5.13. The van der Waals surface area contributed by atoms with Crippen molar-refractivity contribution in [3.05, 3.63) is 55.6 Å². The van der Waals surface area contributed by atoms with E-state index in [-0.39, 0.29) is 29.2 Å². The Labute approximate surface area is 174 Å². The number of aromatic nitrogens is 1. The molecule has 0 aliphatic carbocycles. The van der Waals surface area contributed by atoms with Gasteiger partial charge in [-0.05, 0) is 44.4 Å². The number of carbonyl (C=O) groups excluding carboxylic acids is 2. The molecule has 29 heavy (non-hydrogen) atoms. The zero-order valence-electron chi connectivity index (χ0n) is 16.8. The summed E-state index contributed by atoms with van der Waals surface area (Å²) in [6, 6.07) is 7.21. The number of nitrogens with zero attached hydrogens (tertiary/aromatic N) is 1. The van der Waals surface area contributed by atoms with Crippen molar-refractivity contribution in [2.24, 2.45) is 0 Å². The van der Waals surface area contributed by atoms with E-state index in [4.69, 9.17) is 4.74 Å². The minimum Gasteiger partial charge on any atom is -0.376 e. The van der Waals surface area contributed by atoms with Crippen LogP contribution in [0.4, 0.5) is 0 Å². The topological polar surface area (TPSA) is 89.4 Å². The number of carbonyl (C=O) groups is 2. The summed E-state index contributed by atoms with van der Waals surface area (Å²) < 4.78 is 7.15. The van der Waals surface area contributed by atoms with Crippen LogP contribution in [0.25, 0.3) is 0 Å². The summed E-state index contributed by atoms with van der Waals surface area (Å²) in [4.78, 5) is 37.3. The Balaban J connectivity index is 1.47. The molecule has 1 fully saturated rings. The van der Waals surface area contributed by atoms with Crippen LogP contribution in [0.3, 0.4) is 0 Å². The first-order valence-corrected chi connectivity index (χ1v) is 10.7. The van der Waals surface area contributed by atoms with E-state index in [0.717, 1.165) is 35.6 Å². The summed E-state index contributed by atoms with van der Waals surface area (Å²) in [5.41, 5.74) is 2.32. The fraction of sp³-hybridized carbons (Fsp3) is 0.476. The Kier molecular flexibility index (Phi) is 7.22. The minimum atomic E-state index is -0.142. The zero-order chi connectivity index (χ0) is 20.8. The molecule has 2 amide bonds. The van der Waals surface area contributed by atoms with Crippen molar-refractivity contribution in [1.29, 1.82) is 0 Å². The van der Waals surface area contributed by atoms with E-state index >= 15 is 0 Å². The second-order valence-electron chi connectivity index (χ2n) is 7.23. The Bertz CT molecular complexity index is 928. The monoisotopic (exact) mass is 417 g/mol. The molecule has 1 unspecified atom stereocenters. The number of hydrogen-bond acceptors (Lipinski definition) is 5. The van der Waals surface area contributed by atoms with E-state index in [0.29, 0.717) is 25.2 Å². The summed E-state index contributed by atoms with van der Waals surface area (Å²) in [6.45, 7) is 5.77. The number of amides is 2. The van der Waals surface area contributed by atoms with Gasteiger partial charge in [0.1, 0.15) is 0 Å². The molecule has 1 saturated heterocycles. The van der Waals surface area contributed by atoms with Crippen molar-refractivity contribution in [2.75, 3.05) is 13.2 Å². The van der Waals surface area contributed by atoms with Crippen LogP contribution in [0.1, 0.15) is 45.8 Å². The first kappa shape index (κ1) is 21.3. The summed E-state index contributed by atoms with van der Waals surface area (Å²) in [5.74, 6) is -0.273. The predicted octanol–water partition coefficient (Wildman–Crippen LogP) is 2.14. The van der Waals surface area contributed by atoms with Gasteiger partial charge in [0.25, 0.3) is 5.91 Å². The number of rotatable bonds is 8. The molecule has 1 atom stereocenters. The van der Waals surface area contributed by atoms with Crippen LogP contribution in [-0.2, 0) is 22.6 Å². The molecule has 0 spiro atoms. The van der Waals surface area contributed by atoms with Gasteiger partial charge in [0.05, 0.1) is 6.10 Å². The normalized spacial score (nSPS) is 16.0. The summed E-state index contributed by atoms with van der Waals surface area (Å²) in [5, 5.41) is 5.76. The van der Waals surface area contributed by atoms with Gasteiger partial charge in [0.2, 0.25) is 5.91 Å². The molecule has 0 radical (unpaired) electrons. The van der Waals surface area contributed by atoms with E-state index in [9.17, 15) is 14.4 Å². The van der Waals surface area contributed by atoms with Crippen LogP contribution in [-0.4, -0.2) is 35.6 Å².